The minimum absolute atomic E-state index is 0.403. The van der Waals surface area contributed by atoms with Crippen LogP contribution in [0.4, 0.5) is 11.5 Å². The van der Waals surface area contributed by atoms with Gasteiger partial charge in [0.25, 0.3) is 0 Å². The largest absolute Gasteiger partial charge is 0.340 e. The molecule has 1 N–H and O–H groups in total. The monoisotopic (exact) mass is 323 g/mol. The van der Waals surface area contributed by atoms with E-state index in [9.17, 15) is 0 Å². The van der Waals surface area contributed by atoms with Gasteiger partial charge in [-0.05, 0) is 28.1 Å². The van der Waals surface area contributed by atoms with Crippen molar-refractivity contribution in [2.24, 2.45) is 0 Å². The Balaban J connectivity index is 2.11. The van der Waals surface area contributed by atoms with Gasteiger partial charge in [0.1, 0.15) is 11.0 Å². The highest BCUT2D eigenvalue weighted by molar-refractivity contribution is 9.10. The van der Waals surface area contributed by atoms with Crippen LogP contribution in [0.1, 0.15) is 0 Å². The molecule has 5 nitrogen and oxygen atoms in total. The van der Waals surface area contributed by atoms with Gasteiger partial charge < -0.3 is 5.32 Å². The third-order valence-electron chi connectivity index (χ3n) is 2.35. The zero-order valence-corrected chi connectivity index (χ0v) is 11.4. The summed E-state index contributed by atoms with van der Waals surface area (Å²) in [5.41, 5.74) is 1.57. The zero-order valence-electron chi connectivity index (χ0n) is 9.01. The molecule has 0 bridgehead atoms. The van der Waals surface area contributed by atoms with Crippen LogP contribution < -0.4 is 5.32 Å². The topological polar surface area (TPSA) is 55.1 Å². The summed E-state index contributed by atoms with van der Waals surface area (Å²) in [7, 11) is 0. The number of pyridine rings is 1. The van der Waals surface area contributed by atoms with Gasteiger partial charge in [-0.1, -0.05) is 11.6 Å². The van der Waals surface area contributed by atoms with E-state index in [-0.39, 0.29) is 0 Å². The molecule has 0 atom stereocenters. The maximum absolute atomic E-state index is 5.99. The quantitative estimate of drug-likeness (QED) is 0.735. The van der Waals surface area contributed by atoms with Crippen LogP contribution in [0.5, 0.6) is 0 Å². The smallest absolute Gasteiger partial charge is 0.173 e. The second-order valence-corrected chi connectivity index (χ2v) is 4.79. The molecule has 0 aliphatic carbocycles. The van der Waals surface area contributed by atoms with Crippen molar-refractivity contribution in [1.29, 1.82) is 0 Å². The van der Waals surface area contributed by atoms with E-state index in [2.05, 4.69) is 36.3 Å². The average molecular weight is 325 g/mol. The number of nitrogens with zero attached hydrogens (tertiary/aromatic N) is 4. The van der Waals surface area contributed by atoms with Crippen molar-refractivity contribution in [3.63, 3.8) is 0 Å². The van der Waals surface area contributed by atoms with E-state index in [1.807, 2.05) is 12.1 Å². The fourth-order valence-electron chi connectivity index (χ4n) is 1.58. The molecule has 3 aromatic heterocycles. The Labute approximate surface area is 116 Å². The highest BCUT2D eigenvalue weighted by Gasteiger charge is 2.09. The van der Waals surface area contributed by atoms with Gasteiger partial charge in [0, 0.05) is 24.1 Å². The Morgan fingerprint density at radius 2 is 2.06 bits per heavy atom. The van der Waals surface area contributed by atoms with Crippen LogP contribution in [0, 0.1) is 0 Å². The number of halogens is 2. The van der Waals surface area contributed by atoms with E-state index < -0.39 is 0 Å². The first-order chi connectivity index (χ1) is 8.74. The Bertz CT molecular complexity index is 697. The van der Waals surface area contributed by atoms with E-state index in [0.29, 0.717) is 10.8 Å². The molecule has 7 heteroatoms. The van der Waals surface area contributed by atoms with Gasteiger partial charge in [-0.15, -0.1) is 0 Å². The summed E-state index contributed by atoms with van der Waals surface area (Å²) in [4.78, 5) is 8.17. The Hall–Kier alpha value is -1.66. The molecule has 18 heavy (non-hydrogen) atoms. The van der Waals surface area contributed by atoms with Gasteiger partial charge in [0.05, 0.1) is 10.7 Å². The zero-order chi connectivity index (χ0) is 12.5. The SMILES string of the molecule is Clc1cc(Nc2ccncc2)n2ncc(Br)c2n1. The van der Waals surface area contributed by atoms with Gasteiger partial charge in [-0.2, -0.15) is 9.61 Å². The molecule has 3 heterocycles. The first kappa shape index (κ1) is 11.4. The third-order valence-corrected chi connectivity index (χ3v) is 3.10. The second-order valence-electron chi connectivity index (χ2n) is 3.55. The minimum atomic E-state index is 0.403. The molecular formula is C11H7BrClN5. The number of hydrogen-bond donors (Lipinski definition) is 1. The minimum Gasteiger partial charge on any atom is -0.340 e. The van der Waals surface area contributed by atoms with Crippen molar-refractivity contribution in [3.05, 3.63) is 46.4 Å². The summed E-state index contributed by atoms with van der Waals surface area (Å²) in [6.45, 7) is 0. The molecule has 90 valence electrons. The predicted molar refractivity (Wildman–Crippen MR) is 73.2 cm³/mol. The Kier molecular flexibility index (Phi) is 2.89. The standard InChI is InChI=1S/C11H7BrClN5/c12-8-6-15-18-10(5-9(13)17-11(8)18)16-7-1-3-14-4-2-7/h1-6H,(H,14,16). The fraction of sp³-hybridized carbons (Fsp3) is 0. The lowest BCUT2D eigenvalue weighted by Gasteiger charge is -2.08. The molecule has 0 radical (unpaired) electrons. The summed E-state index contributed by atoms with van der Waals surface area (Å²) in [5, 5.41) is 7.85. The molecule has 0 saturated heterocycles. The van der Waals surface area contributed by atoms with Crippen LogP contribution in [-0.4, -0.2) is 19.6 Å². The first-order valence-electron chi connectivity index (χ1n) is 5.11. The number of hydrogen-bond acceptors (Lipinski definition) is 4. The molecule has 0 saturated carbocycles. The molecule has 3 rings (SSSR count). The summed E-state index contributed by atoms with van der Waals surface area (Å²) < 4.78 is 2.47. The number of rotatable bonds is 2. The molecule has 0 fully saturated rings. The average Bonchev–Trinajstić information content (AvgIpc) is 2.73. The van der Waals surface area contributed by atoms with Gasteiger partial charge in [-0.3, -0.25) is 4.98 Å². The third kappa shape index (κ3) is 2.04. The molecule has 0 unspecified atom stereocenters. The van der Waals surface area contributed by atoms with Crippen LogP contribution in [-0.2, 0) is 0 Å². The van der Waals surface area contributed by atoms with Gasteiger partial charge in [0.15, 0.2) is 5.65 Å². The van der Waals surface area contributed by atoms with E-state index in [1.54, 1.807) is 29.2 Å². The lowest BCUT2D eigenvalue weighted by Crippen LogP contribution is -2.01. The van der Waals surface area contributed by atoms with Crippen molar-refractivity contribution in [2.45, 2.75) is 0 Å². The van der Waals surface area contributed by atoms with Gasteiger partial charge in [-0.25, -0.2) is 4.98 Å². The fourth-order valence-corrected chi connectivity index (χ4v) is 2.11. The summed E-state index contributed by atoms with van der Waals surface area (Å²) >= 11 is 9.37. The molecule has 0 aromatic carbocycles. The van der Waals surface area contributed by atoms with Crippen LogP contribution in [0.15, 0.2) is 41.3 Å². The van der Waals surface area contributed by atoms with Crippen LogP contribution in [0.3, 0.4) is 0 Å². The molecule has 0 amide bonds. The Morgan fingerprint density at radius 3 is 2.83 bits per heavy atom. The summed E-state index contributed by atoms with van der Waals surface area (Å²) in [5.74, 6) is 0.738. The molecule has 0 spiro atoms. The van der Waals surface area contributed by atoms with Crippen LogP contribution in [0.2, 0.25) is 5.15 Å². The molecule has 3 aromatic rings. The van der Waals surface area contributed by atoms with Gasteiger partial charge >= 0.3 is 0 Å². The van der Waals surface area contributed by atoms with Crippen LogP contribution >= 0.6 is 27.5 Å². The molecular weight excluding hydrogens is 318 g/mol. The lowest BCUT2D eigenvalue weighted by atomic mass is 10.4. The number of aromatic nitrogens is 4. The highest BCUT2D eigenvalue weighted by Crippen LogP contribution is 2.24. The van der Waals surface area contributed by atoms with E-state index in [1.165, 1.54) is 0 Å². The van der Waals surface area contributed by atoms with Crippen molar-refractivity contribution < 1.29 is 0 Å². The summed E-state index contributed by atoms with van der Waals surface area (Å²) in [6, 6.07) is 5.44. The van der Waals surface area contributed by atoms with E-state index in [0.717, 1.165) is 16.0 Å². The van der Waals surface area contributed by atoms with E-state index >= 15 is 0 Å². The second kappa shape index (κ2) is 4.55. The first-order valence-corrected chi connectivity index (χ1v) is 6.28. The van der Waals surface area contributed by atoms with E-state index in [4.69, 9.17) is 11.6 Å². The highest BCUT2D eigenvalue weighted by atomic mass is 79.9. The Morgan fingerprint density at radius 1 is 1.28 bits per heavy atom. The van der Waals surface area contributed by atoms with Gasteiger partial charge in [0.2, 0.25) is 0 Å². The maximum Gasteiger partial charge on any atom is 0.173 e. The van der Waals surface area contributed by atoms with Crippen molar-refractivity contribution in [2.75, 3.05) is 5.32 Å². The number of nitrogens with one attached hydrogen (secondary N) is 1. The number of anilines is 2. The molecule has 0 aliphatic heterocycles. The number of fused-ring (bicyclic) bond motifs is 1. The maximum atomic E-state index is 5.99. The predicted octanol–water partition coefficient (Wildman–Crippen LogP) is 3.28. The van der Waals surface area contributed by atoms with Crippen LogP contribution in [0.25, 0.3) is 5.65 Å². The van der Waals surface area contributed by atoms with Crippen molar-refractivity contribution in [1.82, 2.24) is 19.6 Å². The summed E-state index contributed by atoms with van der Waals surface area (Å²) in [6.07, 6.45) is 5.10. The molecule has 0 aliphatic rings. The van der Waals surface area contributed by atoms with Crippen molar-refractivity contribution >= 4 is 44.7 Å². The normalized spacial score (nSPS) is 10.8. The lowest BCUT2D eigenvalue weighted by molar-refractivity contribution is 0.947. The van der Waals surface area contributed by atoms with Crippen molar-refractivity contribution in [3.8, 4) is 0 Å².